The van der Waals surface area contributed by atoms with Gasteiger partial charge < -0.3 is 15.4 Å². The number of carbonyl (C=O) groups excluding carboxylic acids is 3. The van der Waals surface area contributed by atoms with Crippen LogP contribution in [0.25, 0.3) is 10.6 Å². The third-order valence-corrected chi connectivity index (χ3v) is 5.61. The second-order valence-corrected chi connectivity index (χ2v) is 7.51. The van der Waals surface area contributed by atoms with E-state index in [-0.39, 0.29) is 5.91 Å². The highest BCUT2D eigenvalue weighted by molar-refractivity contribution is 7.17. The molecule has 144 valence electrons. The Labute approximate surface area is 169 Å². The molecule has 1 aromatic carbocycles. The Morgan fingerprint density at radius 1 is 1.14 bits per heavy atom. The maximum atomic E-state index is 12.3. The van der Waals surface area contributed by atoms with Crippen molar-refractivity contribution in [3.63, 3.8) is 0 Å². The zero-order chi connectivity index (χ0) is 20.1. The predicted octanol–water partition coefficient (Wildman–Crippen LogP) is 3.34. The number of rotatable bonds is 6. The molecule has 2 heterocycles. The molecule has 2 aromatic heterocycles. The van der Waals surface area contributed by atoms with Crippen molar-refractivity contribution in [2.75, 3.05) is 19.0 Å². The van der Waals surface area contributed by atoms with E-state index in [1.54, 1.807) is 49.6 Å². The second kappa shape index (κ2) is 8.77. The number of benzene rings is 1. The first-order chi connectivity index (χ1) is 13.5. The molecular formula is C19H17N3O4S2. The summed E-state index contributed by atoms with van der Waals surface area (Å²) in [6, 6.07) is 8.32. The number of thiazole rings is 1. The summed E-state index contributed by atoms with van der Waals surface area (Å²) >= 11 is 2.79. The highest BCUT2D eigenvalue weighted by atomic mass is 32.1. The lowest BCUT2D eigenvalue weighted by atomic mass is 10.2. The van der Waals surface area contributed by atoms with Crippen LogP contribution in [0.3, 0.4) is 0 Å². The first-order valence-corrected chi connectivity index (χ1v) is 10.0. The number of ether oxygens (including phenoxy) is 1. The molecule has 0 fully saturated rings. The molecule has 0 aliphatic carbocycles. The van der Waals surface area contributed by atoms with E-state index in [4.69, 9.17) is 4.74 Å². The molecular weight excluding hydrogens is 398 g/mol. The van der Waals surface area contributed by atoms with E-state index >= 15 is 0 Å². The molecule has 0 aliphatic heterocycles. The van der Waals surface area contributed by atoms with Gasteiger partial charge in [-0.2, -0.15) is 11.3 Å². The monoisotopic (exact) mass is 415 g/mol. The molecule has 0 aliphatic rings. The average molecular weight is 415 g/mol. The summed E-state index contributed by atoms with van der Waals surface area (Å²) in [4.78, 5) is 40.6. The maximum absolute atomic E-state index is 12.3. The zero-order valence-corrected chi connectivity index (χ0v) is 16.8. The van der Waals surface area contributed by atoms with Crippen LogP contribution >= 0.6 is 22.7 Å². The Kier molecular flexibility index (Phi) is 6.17. The van der Waals surface area contributed by atoms with E-state index in [9.17, 15) is 14.4 Å². The Morgan fingerprint density at radius 3 is 2.54 bits per heavy atom. The third-order valence-electron chi connectivity index (χ3n) is 3.74. The molecule has 28 heavy (non-hydrogen) atoms. The van der Waals surface area contributed by atoms with Gasteiger partial charge in [0.25, 0.3) is 11.8 Å². The molecule has 0 saturated heterocycles. The van der Waals surface area contributed by atoms with Gasteiger partial charge in [0.1, 0.15) is 9.88 Å². The predicted molar refractivity (Wildman–Crippen MR) is 109 cm³/mol. The molecule has 0 atom stereocenters. The van der Waals surface area contributed by atoms with Crippen LogP contribution in [0.4, 0.5) is 5.69 Å². The molecule has 0 spiro atoms. The lowest BCUT2D eigenvalue weighted by Gasteiger charge is -2.07. The van der Waals surface area contributed by atoms with Gasteiger partial charge >= 0.3 is 5.97 Å². The smallest absolute Gasteiger partial charge is 0.350 e. The third kappa shape index (κ3) is 4.62. The minimum absolute atomic E-state index is 0.214. The second-order valence-electron chi connectivity index (χ2n) is 5.73. The van der Waals surface area contributed by atoms with Crippen molar-refractivity contribution in [2.45, 2.75) is 6.92 Å². The molecule has 7 nitrogen and oxygen atoms in total. The van der Waals surface area contributed by atoms with Gasteiger partial charge in [-0.15, -0.1) is 11.3 Å². The van der Waals surface area contributed by atoms with E-state index in [0.29, 0.717) is 21.8 Å². The van der Waals surface area contributed by atoms with E-state index in [1.165, 1.54) is 11.3 Å². The molecule has 3 aromatic rings. The Hall–Kier alpha value is -3.04. The first kappa shape index (κ1) is 19.7. The molecule has 3 rings (SSSR count). The highest BCUT2D eigenvalue weighted by Gasteiger charge is 2.19. The van der Waals surface area contributed by atoms with Crippen molar-refractivity contribution < 1.29 is 19.1 Å². The number of amides is 2. The minimum Gasteiger partial charge on any atom is -0.451 e. The van der Waals surface area contributed by atoms with Crippen molar-refractivity contribution in [1.29, 1.82) is 0 Å². The van der Waals surface area contributed by atoms with Gasteiger partial charge in [0.15, 0.2) is 6.61 Å². The topological polar surface area (TPSA) is 97.4 Å². The number of nitrogens with zero attached hydrogens (tertiary/aromatic N) is 1. The Morgan fingerprint density at radius 2 is 1.89 bits per heavy atom. The van der Waals surface area contributed by atoms with E-state index in [0.717, 1.165) is 10.6 Å². The lowest BCUT2D eigenvalue weighted by molar-refractivity contribution is -0.119. The molecule has 2 N–H and O–H groups in total. The van der Waals surface area contributed by atoms with E-state index in [2.05, 4.69) is 15.6 Å². The summed E-state index contributed by atoms with van der Waals surface area (Å²) in [6.45, 7) is 1.32. The fraction of sp³-hybridized carbons (Fsp3) is 0.158. The van der Waals surface area contributed by atoms with Crippen molar-refractivity contribution in [3.05, 3.63) is 57.2 Å². The summed E-state index contributed by atoms with van der Waals surface area (Å²) in [7, 11) is 1.54. The summed E-state index contributed by atoms with van der Waals surface area (Å²) < 4.78 is 5.11. The minimum atomic E-state index is -0.582. The number of anilines is 1. The Bertz CT molecular complexity index is 995. The Balaban J connectivity index is 1.56. The number of thiophene rings is 1. The van der Waals surface area contributed by atoms with Crippen LogP contribution < -0.4 is 10.6 Å². The summed E-state index contributed by atoms with van der Waals surface area (Å²) in [5.41, 5.74) is 2.51. The van der Waals surface area contributed by atoms with Gasteiger partial charge in [-0.1, -0.05) is 0 Å². The molecule has 9 heteroatoms. The molecule has 0 saturated carbocycles. The molecule has 2 amide bonds. The number of aromatic nitrogens is 1. The molecule has 0 bridgehead atoms. The highest BCUT2D eigenvalue weighted by Crippen LogP contribution is 2.29. The van der Waals surface area contributed by atoms with Crippen LogP contribution in [0, 0.1) is 6.92 Å². The molecule has 0 unspecified atom stereocenters. The summed E-state index contributed by atoms with van der Waals surface area (Å²) in [6.07, 6.45) is 0. The quantitative estimate of drug-likeness (QED) is 0.602. The zero-order valence-electron chi connectivity index (χ0n) is 15.1. The van der Waals surface area contributed by atoms with Crippen molar-refractivity contribution in [3.8, 4) is 10.6 Å². The standard InChI is InChI=1S/C19H17N3O4S2/c1-11-16(28-18(21-11)13-7-8-27-10-13)19(25)26-9-15(23)22-14-5-3-12(4-6-14)17(24)20-2/h3-8,10H,9H2,1-2H3,(H,20,24)(H,22,23). The fourth-order valence-electron chi connectivity index (χ4n) is 2.34. The van der Waals surface area contributed by atoms with E-state index < -0.39 is 18.5 Å². The van der Waals surface area contributed by atoms with Gasteiger partial charge in [0.2, 0.25) is 0 Å². The number of carbonyl (C=O) groups is 3. The number of aryl methyl sites for hydroxylation is 1. The first-order valence-electron chi connectivity index (χ1n) is 8.27. The normalized spacial score (nSPS) is 10.4. The largest absolute Gasteiger partial charge is 0.451 e. The van der Waals surface area contributed by atoms with Crippen LogP contribution in [0.15, 0.2) is 41.1 Å². The number of hydrogen-bond donors (Lipinski definition) is 2. The van der Waals surface area contributed by atoms with Crippen LogP contribution in [0.5, 0.6) is 0 Å². The maximum Gasteiger partial charge on any atom is 0.350 e. The number of nitrogens with one attached hydrogen (secondary N) is 2. The van der Waals surface area contributed by atoms with Gasteiger partial charge in [-0.05, 0) is 42.6 Å². The number of hydrogen-bond acceptors (Lipinski definition) is 7. The van der Waals surface area contributed by atoms with Crippen molar-refractivity contribution in [1.82, 2.24) is 10.3 Å². The van der Waals surface area contributed by atoms with Gasteiger partial charge in [-0.25, -0.2) is 9.78 Å². The van der Waals surface area contributed by atoms with Gasteiger partial charge in [0, 0.05) is 29.2 Å². The van der Waals surface area contributed by atoms with Crippen LogP contribution in [-0.2, 0) is 9.53 Å². The lowest BCUT2D eigenvalue weighted by Crippen LogP contribution is -2.21. The molecule has 0 radical (unpaired) electrons. The van der Waals surface area contributed by atoms with Crippen molar-refractivity contribution >= 4 is 46.1 Å². The number of esters is 1. The van der Waals surface area contributed by atoms with Crippen LogP contribution in [-0.4, -0.2) is 36.4 Å². The van der Waals surface area contributed by atoms with Crippen LogP contribution in [0.2, 0.25) is 0 Å². The fourth-order valence-corrected chi connectivity index (χ4v) is 4.01. The summed E-state index contributed by atoms with van der Waals surface area (Å²) in [5.74, 6) is -1.27. The average Bonchev–Trinajstić information content (AvgIpc) is 3.36. The van der Waals surface area contributed by atoms with E-state index in [1.807, 2.05) is 16.8 Å². The van der Waals surface area contributed by atoms with Gasteiger partial charge in [-0.3, -0.25) is 9.59 Å². The van der Waals surface area contributed by atoms with Gasteiger partial charge in [0.05, 0.1) is 5.69 Å². The van der Waals surface area contributed by atoms with Crippen LogP contribution in [0.1, 0.15) is 25.7 Å². The van der Waals surface area contributed by atoms with Crippen molar-refractivity contribution in [2.24, 2.45) is 0 Å². The SMILES string of the molecule is CNC(=O)c1ccc(NC(=O)COC(=O)c2sc(-c3ccsc3)nc2C)cc1. The summed E-state index contributed by atoms with van der Waals surface area (Å²) in [5, 5.41) is 9.77.